The number of carbonyl (C=O) groups excluding carboxylic acids is 1. The molecule has 0 radical (unpaired) electrons. The lowest BCUT2D eigenvalue weighted by molar-refractivity contribution is -0.142. The van der Waals surface area contributed by atoms with Gasteiger partial charge in [-0.1, -0.05) is 30.3 Å². The second-order valence-electron chi connectivity index (χ2n) is 4.86. The Morgan fingerprint density at radius 1 is 1.19 bits per heavy atom. The highest BCUT2D eigenvalue weighted by Crippen LogP contribution is 2.13. The van der Waals surface area contributed by atoms with Crippen LogP contribution in [0.15, 0.2) is 48.7 Å². The van der Waals surface area contributed by atoms with Crippen LogP contribution in [0.1, 0.15) is 23.7 Å². The van der Waals surface area contributed by atoms with Crippen LogP contribution in [-0.4, -0.2) is 21.6 Å². The average molecular weight is 286 g/mol. The van der Waals surface area contributed by atoms with E-state index in [-0.39, 0.29) is 12.3 Å². The minimum absolute atomic E-state index is 0.258. The summed E-state index contributed by atoms with van der Waals surface area (Å²) in [6, 6.07) is 11.5. The van der Waals surface area contributed by atoms with E-state index in [2.05, 4.69) is 5.32 Å². The molecule has 0 aliphatic carbocycles. The number of nitrogens with one attached hydrogen (secondary N) is 1. The number of carboxylic acids is 1. The number of aliphatic carboxylic acids is 1. The summed E-state index contributed by atoms with van der Waals surface area (Å²) in [6.45, 7) is 0. The van der Waals surface area contributed by atoms with Gasteiger partial charge in [-0.15, -0.1) is 0 Å². The lowest BCUT2D eigenvalue weighted by Crippen LogP contribution is -2.33. The highest BCUT2D eigenvalue weighted by Gasteiger charge is 2.21. The fourth-order valence-electron chi connectivity index (χ4n) is 2.16. The number of hydrogen-bond acceptors (Lipinski definition) is 2. The van der Waals surface area contributed by atoms with Crippen LogP contribution in [0, 0.1) is 0 Å². The van der Waals surface area contributed by atoms with E-state index in [4.69, 9.17) is 0 Å². The lowest BCUT2D eigenvalue weighted by Gasteiger charge is -2.15. The summed E-state index contributed by atoms with van der Waals surface area (Å²) in [4.78, 5) is 23.3. The van der Waals surface area contributed by atoms with Gasteiger partial charge in [0, 0.05) is 25.4 Å². The third-order valence-electron chi connectivity index (χ3n) is 3.34. The van der Waals surface area contributed by atoms with Gasteiger partial charge < -0.3 is 15.0 Å². The molecule has 0 unspecified atom stereocenters. The standard InChI is InChI=1S/C16H18N2O3/c1-18-11-5-8-13(18)9-10-14(19)17-15(16(20)21)12-6-3-2-4-7-12/h2-8,11,15H,9-10H2,1H3,(H,17,19)(H,20,21)/t15-/m0/s1. The van der Waals surface area contributed by atoms with Crippen LogP contribution in [0.5, 0.6) is 0 Å². The van der Waals surface area contributed by atoms with E-state index in [0.29, 0.717) is 12.0 Å². The third-order valence-corrected chi connectivity index (χ3v) is 3.34. The van der Waals surface area contributed by atoms with Crippen molar-refractivity contribution in [3.63, 3.8) is 0 Å². The first-order valence-electron chi connectivity index (χ1n) is 6.75. The minimum atomic E-state index is -1.06. The zero-order chi connectivity index (χ0) is 15.2. The van der Waals surface area contributed by atoms with Crippen molar-refractivity contribution in [1.82, 2.24) is 9.88 Å². The van der Waals surface area contributed by atoms with Crippen molar-refractivity contribution in [2.45, 2.75) is 18.9 Å². The van der Waals surface area contributed by atoms with Crippen molar-refractivity contribution in [3.05, 3.63) is 59.9 Å². The first-order chi connectivity index (χ1) is 10.1. The van der Waals surface area contributed by atoms with E-state index in [0.717, 1.165) is 5.69 Å². The predicted molar refractivity (Wildman–Crippen MR) is 78.7 cm³/mol. The molecule has 1 amide bonds. The minimum Gasteiger partial charge on any atom is -0.479 e. The van der Waals surface area contributed by atoms with Gasteiger partial charge in [0.25, 0.3) is 0 Å². The molecule has 5 heteroatoms. The molecule has 0 saturated heterocycles. The van der Waals surface area contributed by atoms with Crippen molar-refractivity contribution >= 4 is 11.9 Å². The fourth-order valence-corrected chi connectivity index (χ4v) is 2.16. The van der Waals surface area contributed by atoms with Gasteiger partial charge in [-0.3, -0.25) is 4.79 Å². The SMILES string of the molecule is Cn1cccc1CCC(=O)N[C@H](C(=O)O)c1ccccc1. The third kappa shape index (κ3) is 3.95. The second kappa shape index (κ2) is 6.74. The van der Waals surface area contributed by atoms with Gasteiger partial charge in [0.05, 0.1) is 0 Å². The van der Waals surface area contributed by atoms with Crippen LogP contribution in [-0.2, 0) is 23.1 Å². The maximum atomic E-state index is 12.0. The average Bonchev–Trinajstić information content (AvgIpc) is 2.88. The summed E-state index contributed by atoms with van der Waals surface area (Å²) in [6.07, 6.45) is 2.75. The van der Waals surface area contributed by atoms with E-state index < -0.39 is 12.0 Å². The van der Waals surface area contributed by atoms with Gasteiger partial charge in [0.2, 0.25) is 5.91 Å². The number of nitrogens with zero attached hydrogens (tertiary/aromatic N) is 1. The summed E-state index contributed by atoms with van der Waals surface area (Å²) in [5.74, 6) is -1.33. The summed E-state index contributed by atoms with van der Waals surface area (Å²) in [5, 5.41) is 11.8. The molecule has 0 spiro atoms. The van der Waals surface area contributed by atoms with Crippen molar-refractivity contribution in [3.8, 4) is 0 Å². The monoisotopic (exact) mass is 286 g/mol. The molecular weight excluding hydrogens is 268 g/mol. The van der Waals surface area contributed by atoms with Crippen molar-refractivity contribution in [1.29, 1.82) is 0 Å². The number of rotatable bonds is 6. The van der Waals surface area contributed by atoms with Crippen LogP contribution in [0.3, 0.4) is 0 Å². The molecule has 5 nitrogen and oxygen atoms in total. The molecule has 2 N–H and O–H groups in total. The molecular formula is C16H18N2O3. The number of aryl methyl sites for hydroxylation is 2. The molecule has 1 aromatic heterocycles. The summed E-state index contributed by atoms with van der Waals surface area (Å²) in [5.41, 5.74) is 1.61. The Hall–Kier alpha value is -2.56. The van der Waals surface area contributed by atoms with Crippen LogP contribution in [0.2, 0.25) is 0 Å². The van der Waals surface area contributed by atoms with Crippen LogP contribution in [0.25, 0.3) is 0 Å². The van der Waals surface area contributed by atoms with E-state index >= 15 is 0 Å². The fraction of sp³-hybridized carbons (Fsp3) is 0.250. The van der Waals surface area contributed by atoms with Crippen molar-refractivity contribution < 1.29 is 14.7 Å². The van der Waals surface area contributed by atoms with Gasteiger partial charge in [-0.05, 0) is 24.1 Å². The number of amides is 1. The van der Waals surface area contributed by atoms with E-state index in [1.807, 2.05) is 29.9 Å². The molecule has 2 rings (SSSR count). The number of carboxylic acid groups (broad SMARTS) is 1. The molecule has 0 aliphatic heterocycles. The Labute approximate surface area is 123 Å². The summed E-state index contributed by atoms with van der Waals surface area (Å²) >= 11 is 0. The van der Waals surface area contributed by atoms with Gasteiger partial charge in [0.15, 0.2) is 6.04 Å². The molecule has 110 valence electrons. The highest BCUT2D eigenvalue weighted by molar-refractivity contribution is 5.84. The zero-order valence-corrected chi connectivity index (χ0v) is 11.8. The topological polar surface area (TPSA) is 71.3 Å². The highest BCUT2D eigenvalue weighted by atomic mass is 16.4. The number of carbonyl (C=O) groups is 2. The zero-order valence-electron chi connectivity index (χ0n) is 11.8. The van der Waals surface area contributed by atoms with Crippen LogP contribution >= 0.6 is 0 Å². The molecule has 1 heterocycles. The number of benzene rings is 1. The van der Waals surface area contributed by atoms with E-state index in [1.165, 1.54) is 0 Å². The van der Waals surface area contributed by atoms with Gasteiger partial charge in [0.1, 0.15) is 0 Å². The molecule has 1 aromatic carbocycles. The van der Waals surface area contributed by atoms with E-state index in [1.54, 1.807) is 30.3 Å². The molecule has 0 bridgehead atoms. The molecule has 1 atom stereocenters. The van der Waals surface area contributed by atoms with Crippen molar-refractivity contribution in [2.75, 3.05) is 0 Å². The van der Waals surface area contributed by atoms with E-state index in [9.17, 15) is 14.7 Å². The Morgan fingerprint density at radius 2 is 1.90 bits per heavy atom. The first-order valence-corrected chi connectivity index (χ1v) is 6.75. The number of hydrogen-bond donors (Lipinski definition) is 2. The lowest BCUT2D eigenvalue weighted by atomic mass is 10.1. The van der Waals surface area contributed by atoms with Gasteiger partial charge in [-0.25, -0.2) is 4.79 Å². The maximum absolute atomic E-state index is 12.0. The van der Waals surface area contributed by atoms with Gasteiger partial charge in [-0.2, -0.15) is 0 Å². The number of aromatic nitrogens is 1. The Balaban J connectivity index is 1.96. The molecule has 0 aliphatic rings. The summed E-state index contributed by atoms with van der Waals surface area (Å²) in [7, 11) is 1.91. The van der Waals surface area contributed by atoms with Crippen molar-refractivity contribution in [2.24, 2.45) is 7.05 Å². The van der Waals surface area contributed by atoms with Crippen LogP contribution in [0.4, 0.5) is 0 Å². The van der Waals surface area contributed by atoms with Gasteiger partial charge >= 0.3 is 5.97 Å². The molecule has 2 aromatic rings. The Bertz CT molecular complexity index is 619. The molecule has 0 fully saturated rings. The summed E-state index contributed by atoms with van der Waals surface area (Å²) < 4.78 is 1.94. The smallest absolute Gasteiger partial charge is 0.330 e. The quantitative estimate of drug-likeness (QED) is 0.852. The maximum Gasteiger partial charge on any atom is 0.330 e. The Morgan fingerprint density at radius 3 is 2.48 bits per heavy atom. The molecule has 0 saturated carbocycles. The van der Waals surface area contributed by atoms with Crippen LogP contribution < -0.4 is 5.32 Å². The second-order valence-corrected chi connectivity index (χ2v) is 4.86. The first kappa shape index (κ1) is 14.8. The Kier molecular flexibility index (Phi) is 4.77. The largest absolute Gasteiger partial charge is 0.479 e. The predicted octanol–water partition coefficient (Wildman–Crippen LogP) is 1.90. The molecule has 21 heavy (non-hydrogen) atoms. The normalized spacial score (nSPS) is 11.9.